The lowest BCUT2D eigenvalue weighted by Gasteiger charge is -2.23. The van der Waals surface area contributed by atoms with E-state index in [0.717, 1.165) is 20.1 Å². The minimum atomic E-state index is -2.66. The van der Waals surface area contributed by atoms with Gasteiger partial charge in [0.1, 0.15) is 11.5 Å². The van der Waals surface area contributed by atoms with Crippen molar-refractivity contribution in [1.82, 2.24) is 0 Å². The topological polar surface area (TPSA) is 55.8 Å². The highest BCUT2D eigenvalue weighted by molar-refractivity contribution is 9.11. The van der Waals surface area contributed by atoms with Gasteiger partial charge in [-0.05, 0) is 87.0 Å². The number of phenols is 1. The van der Waals surface area contributed by atoms with Crippen molar-refractivity contribution in [3.05, 3.63) is 50.4 Å². The zero-order valence-electron chi connectivity index (χ0n) is 17.5. The van der Waals surface area contributed by atoms with Gasteiger partial charge in [0, 0.05) is 17.4 Å². The van der Waals surface area contributed by atoms with E-state index in [4.69, 9.17) is 9.26 Å². The average Bonchev–Trinajstić information content (AvgIpc) is 2.65. The highest BCUT2D eigenvalue weighted by Crippen LogP contribution is 2.52. The van der Waals surface area contributed by atoms with Crippen LogP contribution in [0.15, 0.2) is 39.3 Å². The van der Waals surface area contributed by atoms with Crippen LogP contribution < -0.4 is 4.74 Å². The van der Waals surface area contributed by atoms with Crippen LogP contribution in [0.4, 0.5) is 0 Å². The Balaban J connectivity index is 2.26. The fourth-order valence-corrected chi connectivity index (χ4v) is 6.66. The molecule has 0 fully saturated rings. The number of halogens is 2. The van der Waals surface area contributed by atoms with Crippen LogP contribution in [0, 0.1) is 0 Å². The summed E-state index contributed by atoms with van der Waals surface area (Å²) in [5.74, 6) is 1.77. The van der Waals surface area contributed by atoms with Gasteiger partial charge < -0.3 is 14.4 Å². The number of ether oxygens (including phenoxy) is 1. The molecule has 1 N–H and O–H groups in total. The first kappa shape index (κ1) is 24.5. The summed E-state index contributed by atoms with van der Waals surface area (Å²) >= 11 is 7.20. The molecule has 2 unspecified atom stereocenters. The summed E-state index contributed by atoms with van der Waals surface area (Å²) in [7, 11) is -2.66. The molecule has 7 heteroatoms. The molecule has 0 heterocycles. The van der Waals surface area contributed by atoms with Crippen molar-refractivity contribution in [1.29, 1.82) is 0 Å². The maximum absolute atomic E-state index is 13.0. The lowest BCUT2D eigenvalue weighted by molar-refractivity contribution is 0.327. The first-order valence-electron chi connectivity index (χ1n) is 9.83. The van der Waals surface area contributed by atoms with Gasteiger partial charge in [0.05, 0.1) is 15.6 Å². The Hall–Kier alpha value is -0.810. The Morgan fingerprint density at radius 1 is 1.07 bits per heavy atom. The van der Waals surface area contributed by atoms with Crippen molar-refractivity contribution in [2.24, 2.45) is 0 Å². The van der Waals surface area contributed by atoms with Gasteiger partial charge in [0.15, 0.2) is 5.75 Å². The Bertz CT molecular complexity index is 875. The van der Waals surface area contributed by atoms with Gasteiger partial charge in [0.25, 0.3) is 0 Å². The van der Waals surface area contributed by atoms with E-state index >= 15 is 0 Å². The Morgan fingerprint density at radius 3 is 2.21 bits per heavy atom. The van der Waals surface area contributed by atoms with Crippen molar-refractivity contribution in [2.45, 2.75) is 52.6 Å². The van der Waals surface area contributed by atoms with Crippen LogP contribution in [0.25, 0.3) is 0 Å². The number of phenolic OH excluding ortho intramolecular Hbond substituents is 1. The number of hydrogen-bond donors (Lipinski definition) is 1. The zero-order chi connectivity index (χ0) is 21.8. The number of hydrogen-bond acceptors (Lipinski definition) is 4. The second-order valence-corrected chi connectivity index (χ2v) is 12.3. The average molecular weight is 548 g/mol. The SMILES string of the molecule is CCOP(=O)(CC)C(C)Cc1cc(Br)c(Oc2ccc(O)c(C(C)C)c2)c(Br)c1. The van der Waals surface area contributed by atoms with Gasteiger partial charge in [-0.1, -0.05) is 27.7 Å². The fourth-order valence-electron chi connectivity index (χ4n) is 3.23. The predicted octanol–water partition coefficient (Wildman–Crippen LogP) is 8.10. The summed E-state index contributed by atoms with van der Waals surface area (Å²) in [6, 6.07) is 9.24. The molecule has 0 bridgehead atoms. The van der Waals surface area contributed by atoms with Crippen molar-refractivity contribution >= 4 is 39.2 Å². The molecule has 0 aliphatic carbocycles. The molecule has 29 heavy (non-hydrogen) atoms. The molecule has 4 nitrogen and oxygen atoms in total. The summed E-state index contributed by atoms with van der Waals surface area (Å²) < 4.78 is 26.3. The third kappa shape index (κ3) is 6.10. The molecule has 0 radical (unpaired) electrons. The van der Waals surface area contributed by atoms with Crippen LogP contribution in [-0.4, -0.2) is 23.5 Å². The van der Waals surface area contributed by atoms with E-state index < -0.39 is 7.37 Å². The molecule has 0 saturated carbocycles. The lowest BCUT2D eigenvalue weighted by Crippen LogP contribution is -2.12. The monoisotopic (exact) mass is 546 g/mol. The lowest BCUT2D eigenvalue weighted by atomic mass is 10.0. The van der Waals surface area contributed by atoms with Crippen molar-refractivity contribution in [2.75, 3.05) is 12.8 Å². The van der Waals surface area contributed by atoms with Crippen LogP contribution in [0.3, 0.4) is 0 Å². The van der Waals surface area contributed by atoms with Gasteiger partial charge >= 0.3 is 0 Å². The molecule has 0 spiro atoms. The molecule has 0 aromatic heterocycles. The molecule has 0 saturated heterocycles. The van der Waals surface area contributed by atoms with Crippen LogP contribution in [0.5, 0.6) is 17.2 Å². The third-order valence-corrected chi connectivity index (χ3v) is 9.17. The van der Waals surface area contributed by atoms with Crippen LogP contribution in [0.2, 0.25) is 0 Å². The normalized spacial score (nSPS) is 14.6. The van der Waals surface area contributed by atoms with Gasteiger partial charge in [0.2, 0.25) is 7.37 Å². The number of rotatable bonds is 9. The Labute approximate surface area is 190 Å². The summed E-state index contributed by atoms with van der Waals surface area (Å²) in [6.07, 6.45) is 1.18. The minimum absolute atomic E-state index is 0.0660. The highest BCUT2D eigenvalue weighted by Gasteiger charge is 2.29. The zero-order valence-corrected chi connectivity index (χ0v) is 21.6. The van der Waals surface area contributed by atoms with E-state index in [1.54, 1.807) is 12.1 Å². The fraction of sp³-hybridized carbons (Fsp3) is 0.455. The largest absolute Gasteiger partial charge is 0.508 e. The van der Waals surface area contributed by atoms with Crippen molar-refractivity contribution < 1.29 is 18.9 Å². The molecule has 2 atom stereocenters. The maximum atomic E-state index is 13.0. The summed E-state index contributed by atoms with van der Waals surface area (Å²) in [5, 5.41) is 10.0. The second kappa shape index (κ2) is 10.5. The quantitative estimate of drug-likeness (QED) is 0.322. The molecule has 0 aliphatic rings. The Morgan fingerprint density at radius 2 is 1.69 bits per heavy atom. The standard InChI is InChI=1S/C22H29Br2O4P/c1-6-27-29(26,7-2)15(5)10-16-11-19(23)22(20(24)12-16)28-17-8-9-21(25)18(13-17)14(3)4/h8-9,11-15,25H,6-7,10H2,1-5H3. The molecule has 2 rings (SSSR count). The van der Waals surface area contributed by atoms with Gasteiger partial charge in [-0.15, -0.1) is 0 Å². The van der Waals surface area contributed by atoms with E-state index in [-0.39, 0.29) is 17.3 Å². The molecule has 0 aliphatic heterocycles. The predicted molar refractivity (Wildman–Crippen MR) is 127 cm³/mol. The van der Waals surface area contributed by atoms with Crippen molar-refractivity contribution in [3.63, 3.8) is 0 Å². The smallest absolute Gasteiger partial charge is 0.205 e. The molecule has 0 amide bonds. The molecular weight excluding hydrogens is 519 g/mol. The van der Waals surface area contributed by atoms with E-state index in [2.05, 4.69) is 31.9 Å². The van der Waals surface area contributed by atoms with Crippen LogP contribution >= 0.6 is 39.2 Å². The van der Waals surface area contributed by atoms with E-state index in [0.29, 0.717) is 30.7 Å². The highest BCUT2D eigenvalue weighted by atomic mass is 79.9. The second-order valence-electron chi connectivity index (χ2n) is 7.38. The maximum Gasteiger partial charge on any atom is 0.205 e. The molecular formula is C22H29Br2O4P. The van der Waals surface area contributed by atoms with Gasteiger partial charge in [-0.3, -0.25) is 4.57 Å². The van der Waals surface area contributed by atoms with E-state index in [1.807, 2.05) is 52.8 Å². The first-order chi connectivity index (χ1) is 13.6. The van der Waals surface area contributed by atoms with E-state index in [1.165, 1.54) is 0 Å². The Kier molecular flexibility index (Phi) is 8.84. The summed E-state index contributed by atoms with van der Waals surface area (Å²) in [6.45, 7) is 10.3. The van der Waals surface area contributed by atoms with Crippen LogP contribution in [0.1, 0.15) is 51.7 Å². The minimum Gasteiger partial charge on any atom is -0.508 e. The number of aromatic hydroxyl groups is 1. The third-order valence-electron chi connectivity index (χ3n) is 4.89. The van der Waals surface area contributed by atoms with Gasteiger partial charge in [-0.2, -0.15) is 0 Å². The summed E-state index contributed by atoms with van der Waals surface area (Å²) in [4.78, 5) is 0. The first-order valence-corrected chi connectivity index (χ1v) is 13.3. The van der Waals surface area contributed by atoms with Gasteiger partial charge in [-0.25, -0.2) is 0 Å². The van der Waals surface area contributed by atoms with E-state index in [9.17, 15) is 9.67 Å². The summed E-state index contributed by atoms with van der Waals surface area (Å²) in [5.41, 5.74) is 1.82. The molecule has 160 valence electrons. The number of benzene rings is 2. The molecule has 2 aromatic rings. The van der Waals surface area contributed by atoms with Crippen LogP contribution in [-0.2, 0) is 15.5 Å². The molecule has 2 aromatic carbocycles. The van der Waals surface area contributed by atoms with Crippen molar-refractivity contribution in [3.8, 4) is 17.2 Å².